The molecule has 2 aromatic rings. The van der Waals surface area contributed by atoms with Crippen LogP contribution in [-0.2, 0) is 23.1 Å². The molecule has 2 atom stereocenters. The van der Waals surface area contributed by atoms with E-state index < -0.39 is 0 Å². The maximum Gasteiger partial charge on any atom is 0.223 e. The fraction of sp³-hybridized carbons (Fsp3) is 0.474. The summed E-state index contributed by atoms with van der Waals surface area (Å²) < 4.78 is 1.83. The summed E-state index contributed by atoms with van der Waals surface area (Å²) in [6, 6.07) is 8.25. The normalized spacial score (nSPS) is 19.6. The molecule has 1 fully saturated rings. The maximum absolute atomic E-state index is 12.7. The smallest absolute Gasteiger partial charge is 0.223 e. The Morgan fingerprint density at radius 3 is 2.58 bits per heavy atom. The van der Waals surface area contributed by atoms with Gasteiger partial charge >= 0.3 is 0 Å². The molecule has 1 aromatic heterocycles. The summed E-state index contributed by atoms with van der Waals surface area (Å²) in [4.78, 5) is 26.1. The highest BCUT2D eigenvalue weighted by atomic mass is 16.2. The van der Waals surface area contributed by atoms with Gasteiger partial charge in [-0.1, -0.05) is 29.8 Å². The number of rotatable bonds is 5. The molecule has 138 valence electrons. The summed E-state index contributed by atoms with van der Waals surface area (Å²) in [6.45, 7) is 4.72. The van der Waals surface area contributed by atoms with Crippen molar-refractivity contribution in [3.05, 3.63) is 47.5 Å². The van der Waals surface area contributed by atoms with E-state index in [-0.39, 0.29) is 23.8 Å². The summed E-state index contributed by atoms with van der Waals surface area (Å²) >= 11 is 0. The largest absolute Gasteiger partial charge is 0.351 e. The van der Waals surface area contributed by atoms with Crippen molar-refractivity contribution in [2.45, 2.75) is 38.6 Å². The van der Waals surface area contributed by atoms with Crippen LogP contribution in [-0.4, -0.2) is 50.6 Å². The van der Waals surface area contributed by atoms with E-state index in [1.165, 1.54) is 12.5 Å². The molecule has 1 saturated heterocycles. The van der Waals surface area contributed by atoms with Crippen molar-refractivity contribution in [1.82, 2.24) is 25.0 Å². The number of likely N-dealkylation sites (tertiary alicyclic amines) is 1. The molecule has 0 unspecified atom stereocenters. The molecule has 2 amide bonds. The Bertz CT molecular complexity index is 783. The van der Waals surface area contributed by atoms with Crippen LogP contribution in [0.2, 0.25) is 0 Å². The number of amides is 2. The van der Waals surface area contributed by atoms with Crippen LogP contribution < -0.4 is 5.32 Å². The Balaban J connectivity index is 1.68. The van der Waals surface area contributed by atoms with Gasteiger partial charge in [0.15, 0.2) is 0 Å². The van der Waals surface area contributed by atoms with Crippen LogP contribution in [0.15, 0.2) is 30.6 Å². The van der Waals surface area contributed by atoms with Crippen molar-refractivity contribution >= 4 is 11.8 Å². The van der Waals surface area contributed by atoms with E-state index in [1.54, 1.807) is 6.33 Å². The number of nitrogens with one attached hydrogen (secondary N) is 1. The number of carbonyl (C=O) groups excluding carboxylic acids is 2. The highest BCUT2D eigenvalue weighted by Crippen LogP contribution is 2.28. The molecule has 1 aliphatic rings. The van der Waals surface area contributed by atoms with Gasteiger partial charge in [0.1, 0.15) is 12.2 Å². The quantitative estimate of drug-likeness (QED) is 0.874. The van der Waals surface area contributed by atoms with E-state index in [0.29, 0.717) is 25.9 Å². The number of aromatic nitrogens is 3. The molecule has 0 saturated carbocycles. The van der Waals surface area contributed by atoms with E-state index >= 15 is 0 Å². The Hall–Kier alpha value is -2.70. The van der Waals surface area contributed by atoms with Gasteiger partial charge in [0.25, 0.3) is 0 Å². The molecule has 3 rings (SSSR count). The lowest BCUT2D eigenvalue weighted by molar-refractivity contribution is -0.130. The predicted octanol–water partition coefficient (Wildman–Crippen LogP) is 1.19. The van der Waals surface area contributed by atoms with Crippen LogP contribution >= 0.6 is 0 Å². The molecule has 0 spiro atoms. The van der Waals surface area contributed by atoms with Crippen molar-refractivity contribution in [2.24, 2.45) is 7.05 Å². The number of benzene rings is 1. The SMILES string of the molecule is CC(=O)N[C@H]1CN(C(=O)CCc2nncn2C)C[C@@H]1c1ccc(C)cc1. The molecule has 26 heavy (non-hydrogen) atoms. The molecule has 7 nitrogen and oxygen atoms in total. The number of hydrogen-bond acceptors (Lipinski definition) is 4. The van der Waals surface area contributed by atoms with Gasteiger partial charge in [-0.3, -0.25) is 9.59 Å². The van der Waals surface area contributed by atoms with Gasteiger partial charge in [-0.15, -0.1) is 10.2 Å². The van der Waals surface area contributed by atoms with Crippen LogP contribution in [0.25, 0.3) is 0 Å². The predicted molar refractivity (Wildman–Crippen MR) is 97.4 cm³/mol. The van der Waals surface area contributed by atoms with Crippen LogP contribution in [0, 0.1) is 6.92 Å². The van der Waals surface area contributed by atoms with Gasteiger partial charge in [-0.05, 0) is 12.5 Å². The standard InChI is InChI=1S/C19H25N5O2/c1-13-4-6-15(7-5-13)16-10-24(11-17(16)21-14(2)25)19(26)9-8-18-22-20-12-23(18)3/h4-7,12,16-17H,8-11H2,1-3H3,(H,21,25)/t16-,17+/m1/s1. The molecular formula is C19H25N5O2. The van der Waals surface area contributed by atoms with Gasteiger partial charge in [0, 0.05) is 45.8 Å². The minimum absolute atomic E-state index is 0.0611. The molecule has 1 N–H and O–H groups in total. The zero-order valence-corrected chi connectivity index (χ0v) is 15.5. The third-order valence-corrected chi connectivity index (χ3v) is 4.93. The fourth-order valence-corrected chi connectivity index (χ4v) is 3.48. The number of nitrogens with zero attached hydrogens (tertiary/aromatic N) is 4. The van der Waals surface area contributed by atoms with Crippen LogP contribution in [0.1, 0.15) is 36.2 Å². The number of carbonyl (C=O) groups is 2. The third kappa shape index (κ3) is 4.09. The Kier molecular flexibility index (Phi) is 5.35. The van der Waals surface area contributed by atoms with Crippen molar-refractivity contribution in [3.63, 3.8) is 0 Å². The molecular weight excluding hydrogens is 330 g/mol. The first-order valence-corrected chi connectivity index (χ1v) is 8.88. The van der Waals surface area contributed by atoms with Crippen molar-refractivity contribution in [1.29, 1.82) is 0 Å². The average molecular weight is 355 g/mol. The Morgan fingerprint density at radius 1 is 1.23 bits per heavy atom. The fourth-order valence-electron chi connectivity index (χ4n) is 3.48. The van der Waals surface area contributed by atoms with E-state index in [0.717, 1.165) is 11.4 Å². The summed E-state index contributed by atoms with van der Waals surface area (Å²) in [5.74, 6) is 0.919. The van der Waals surface area contributed by atoms with E-state index in [4.69, 9.17) is 0 Å². The third-order valence-electron chi connectivity index (χ3n) is 4.93. The van der Waals surface area contributed by atoms with E-state index in [1.807, 2.05) is 23.4 Å². The van der Waals surface area contributed by atoms with Gasteiger partial charge in [0.05, 0.1) is 6.04 Å². The first-order chi connectivity index (χ1) is 12.4. The zero-order valence-electron chi connectivity index (χ0n) is 15.5. The van der Waals surface area contributed by atoms with Crippen molar-refractivity contribution in [3.8, 4) is 0 Å². The summed E-state index contributed by atoms with van der Waals surface area (Å²) in [6.07, 6.45) is 2.58. The molecule has 1 aromatic carbocycles. The molecule has 7 heteroatoms. The average Bonchev–Trinajstić information content (AvgIpc) is 3.19. The number of aryl methyl sites for hydroxylation is 3. The molecule has 0 aliphatic carbocycles. The molecule has 0 radical (unpaired) electrons. The van der Waals surface area contributed by atoms with Gasteiger partial charge in [-0.2, -0.15) is 0 Å². The lowest BCUT2D eigenvalue weighted by atomic mass is 9.93. The maximum atomic E-state index is 12.7. The summed E-state index contributed by atoms with van der Waals surface area (Å²) in [5.41, 5.74) is 2.34. The zero-order chi connectivity index (χ0) is 18.7. The highest BCUT2D eigenvalue weighted by molar-refractivity contribution is 5.78. The van der Waals surface area contributed by atoms with Gasteiger partial charge < -0.3 is 14.8 Å². The second-order valence-corrected chi connectivity index (χ2v) is 6.98. The Labute approximate surface area is 153 Å². The summed E-state index contributed by atoms with van der Waals surface area (Å²) in [5, 5.41) is 10.9. The van der Waals surface area contributed by atoms with E-state index in [9.17, 15) is 9.59 Å². The minimum Gasteiger partial charge on any atom is -0.351 e. The minimum atomic E-state index is -0.0690. The molecule has 1 aliphatic heterocycles. The second kappa shape index (κ2) is 7.68. The second-order valence-electron chi connectivity index (χ2n) is 6.98. The molecule has 2 heterocycles. The number of hydrogen-bond donors (Lipinski definition) is 1. The first-order valence-electron chi connectivity index (χ1n) is 8.88. The van der Waals surface area contributed by atoms with Crippen molar-refractivity contribution in [2.75, 3.05) is 13.1 Å². The van der Waals surface area contributed by atoms with Gasteiger partial charge in [-0.25, -0.2) is 0 Å². The first kappa shape index (κ1) is 18.1. The van der Waals surface area contributed by atoms with Gasteiger partial charge in [0.2, 0.25) is 11.8 Å². The lowest BCUT2D eigenvalue weighted by Crippen LogP contribution is -2.39. The van der Waals surface area contributed by atoms with Crippen molar-refractivity contribution < 1.29 is 9.59 Å². The summed E-state index contributed by atoms with van der Waals surface area (Å²) in [7, 11) is 1.87. The molecule has 0 bridgehead atoms. The van der Waals surface area contributed by atoms with E-state index in [2.05, 4.69) is 39.8 Å². The Morgan fingerprint density at radius 2 is 1.96 bits per heavy atom. The lowest BCUT2D eigenvalue weighted by Gasteiger charge is -2.19. The monoisotopic (exact) mass is 355 g/mol. The highest BCUT2D eigenvalue weighted by Gasteiger charge is 2.36. The van der Waals surface area contributed by atoms with Crippen LogP contribution in [0.3, 0.4) is 0 Å². The van der Waals surface area contributed by atoms with Crippen LogP contribution in [0.4, 0.5) is 0 Å². The van der Waals surface area contributed by atoms with Crippen LogP contribution in [0.5, 0.6) is 0 Å². The topological polar surface area (TPSA) is 80.1 Å².